The van der Waals surface area contributed by atoms with Gasteiger partial charge in [0.05, 0.1) is 6.04 Å². The Morgan fingerprint density at radius 2 is 2.31 bits per heavy atom. The second-order valence-corrected chi connectivity index (χ2v) is 4.48. The van der Waals surface area contributed by atoms with E-state index in [9.17, 15) is 4.79 Å². The summed E-state index contributed by atoms with van der Waals surface area (Å²) in [7, 11) is 0. The van der Waals surface area contributed by atoms with Crippen LogP contribution in [0.3, 0.4) is 0 Å². The number of hydrogen-bond acceptors (Lipinski definition) is 3. The van der Waals surface area contributed by atoms with Gasteiger partial charge in [0.25, 0.3) is 0 Å². The first kappa shape index (κ1) is 9.63. The van der Waals surface area contributed by atoms with E-state index in [2.05, 4.69) is 4.98 Å². The minimum absolute atomic E-state index is 0.0793. The largest absolute Gasteiger partial charge is 0.444 e. The number of ether oxygens (including phenoxy) is 1. The maximum Gasteiger partial charge on any atom is 0.416 e. The standard InChI is InChI=1S/C12H14N2O2/c1-8-5-6-11(13-7-8)14-9-3-2-4-10(9)16-12(14)15/h5-7,9-10H,2-4H2,1H3/t9-,10+/m1/s1. The van der Waals surface area contributed by atoms with E-state index in [1.807, 2.05) is 19.1 Å². The van der Waals surface area contributed by atoms with Crippen LogP contribution in [-0.4, -0.2) is 23.2 Å². The summed E-state index contributed by atoms with van der Waals surface area (Å²) in [5.74, 6) is 0.713. The Labute approximate surface area is 94.2 Å². The maximum atomic E-state index is 11.7. The van der Waals surface area contributed by atoms with Gasteiger partial charge in [-0.1, -0.05) is 6.07 Å². The van der Waals surface area contributed by atoms with Crippen molar-refractivity contribution in [2.45, 2.75) is 38.3 Å². The summed E-state index contributed by atoms with van der Waals surface area (Å²) in [6.45, 7) is 1.98. The summed E-state index contributed by atoms with van der Waals surface area (Å²) < 4.78 is 5.33. The molecule has 1 aromatic heterocycles. The fourth-order valence-corrected chi connectivity index (χ4v) is 2.53. The normalized spacial score (nSPS) is 28.1. The Morgan fingerprint density at radius 1 is 1.44 bits per heavy atom. The van der Waals surface area contributed by atoms with Gasteiger partial charge < -0.3 is 4.74 Å². The Kier molecular flexibility index (Phi) is 2.09. The van der Waals surface area contributed by atoms with E-state index >= 15 is 0 Å². The highest BCUT2D eigenvalue weighted by atomic mass is 16.6. The van der Waals surface area contributed by atoms with Crippen LogP contribution in [0.15, 0.2) is 18.3 Å². The molecule has 2 fully saturated rings. The molecule has 0 aromatic carbocycles. The van der Waals surface area contributed by atoms with Gasteiger partial charge in [-0.15, -0.1) is 0 Å². The van der Waals surface area contributed by atoms with Crippen LogP contribution in [0, 0.1) is 6.92 Å². The van der Waals surface area contributed by atoms with Gasteiger partial charge in [0.1, 0.15) is 11.9 Å². The number of carbonyl (C=O) groups is 1. The van der Waals surface area contributed by atoms with Crippen molar-refractivity contribution in [3.63, 3.8) is 0 Å². The minimum Gasteiger partial charge on any atom is -0.444 e. The zero-order valence-electron chi connectivity index (χ0n) is 9.22. The third kappa shape index (κ3) is 1.37. The summed E-state index contributed by atoms with van der Waals surface area (Å²) in [5.41, 5.74) is 1.10. The van der Waals surface area contributed by atoms with Crippen molar-refractivity contribution >= 4 is 11.9 Å². The van der Waals surface area contributed by atoms with Crippen LogP contribution < -0.4 is 4.90 Å². The molecule has 1 aliphatic heterocycles. The first-order valence-electron chi connectivity index (χ1n) is 5.68. The van der Waals surface area contributed by atoms with Crippen molar-refractivity contribution in [1.82, 2.24) is 4.98 Å². The molecule has 2 atom stereocenters. The number of carbonyl (C=O) groups excluding carboxylic acids is 1. The zero-order valence-corrected chi connectivity index (χ0v) is 9.22. The highest BCUT2D eigenvalue weighted by Gasteiger charge is 2.45. The van der Waals surface area contributed by atoms with Crippen LogP contribution in [0.25, 0.3) is 0 Å². The highest BCUT2D eigenvalue weighted by molar-refractivity contribution is 5.89. The lowest BCUT2D eigenvalue weighted by molar-refractivity contribution is 0.138. The predicted octanol–water partition coefficient (Wildman–Crippen LogP) is 2.27. The molecule has 1 amide bonds. The van der Waals surface area contributed by atoms with Crippen molar-refractivity contribution in [1.29, 1.82) is 0 Å². The quantitative estimate of drug-likeness (QED) is 0.726. The van der Waals surface area contributed by atoms with Crippen molar-refractivity contribution in [2.24, 2.45) is 0 Å². The number of nitrogens with zero attached hydrogens (tertiary/aromatic N) is 2. The van der Waals surface area contributed by atoms with E-state index in [-0.39, 0.29) is 18.2 Å². The van der Waals surface area contributed by atoms with Crippen LogP contribution in [0.5, 0.6) is 0 Å². The van der Waals surface area contributed by atoms with E-state index in [1.165, 1.54) is 0 Å². The molecule has 2 heterocycles. The van der Waals surface area contributed by atoms with E-state index < -0.39 is 0 Å². The van der Waals surface area contributed by atoms with Crippen LogP contribution in [0.1, 0.15) is 24.8 Å². The fourth-order valence-electron chi connectivity index (χ4n) is 2.53. The van der Waals surface area contributed by atoms with Gasteiger partial charge in [0.15, 0.2) is 0 Å². The van der Waals surface area contributed by atoms with E-state index in [1.54, 1.807) is 11.1 Å². The van der Waals surface area contributed by atoms with Crippen LogP contribution >= 0.6 is 0 Å². The van der Waals surface area contributed by atoms with Crippen LogP contribution in [-0.2, 0) is 4.74 Å². The SMILES string of the molecule is Cc1ccc(N2C(=O)O[C@H]3CCC[C@H]32)nc1. The first-order chi connectivity index (χ1) is 7.75. The molecule has 3 rings (SSSR count). The average molecular weight is 218 g/mol. The van der Waals surface area contributed by atoms with Crippen molar-refractivity contribution in [2.75, 3.05) is 4.90 Å². The molecule has 1 aromatic rings. The van der Waals surface area contributed by atoms with Crippen molar-refractivity contribution in [3.8, 4) is 0 Å². The van der Waals surface area contributed by atoms with Crippen molar-refractivity contribution in [3.05, 3.63) is 23.9 Å². The fraction of sp³-hybridized carbons (Fsp3) is 0.500. The summed E-state index contributed by atoms with van der Waals surface area (Å²) in [5, 5.41) is 0. The lowest BCUT2D eigenvalue weighted by Gasteiger charge is -2.18. The van der Waals surface area contributed by atoms with Crippen LogP contribution in [0.4, 0.5) is 10.6 Å². The average Bonchev–Trinajstić information content (AvgIpc) is 2.79. The lowest BCUT2D eigenvalue weighted by Crippen LogP contribution is -2.34. The molecular weight excluding hydrogens is 204 g/mol. The third-order valence-electron chi connectivity index (χ3n) is 3.34. The third-order valence-corrected chi connectivity index (χ3v) is 3.34. The van der Waals surface area contributed by atoms with E-state index in [4.69, 9.17) is 4.74 Å². The zero-order chi connectivity index (χ0) is 11.1. The molecule has 84 valence electrons. The molecule has 0 spiro atoms. The van der Waals surface area contributed by atoms with Gasteiger partial charge in [0, 0.05) is 6.20 Å². The number of amides is 1. The highest BCUT2D eigenvalue weighted by Crippen LogP contribution is 2.35. The van der Waals surface area contributed by atoms with Gasteiger partial charge in [-0.25, -0.2) is 9.78 Å². The number of aryl methyl sites for hydroxylation is 1. The maximum absolute atomic E-state index is 11.7. The Balaban J connectivity index is 1.93. The Morgan fingerprint density at radius 3 is 3.06 bits per heavy atom. The van der Waals surface area contributed by atoms with Crippen molar-refractivity contribution < 1.29 is 9.53 Å². The number of hydrogen-bond donors (Lipinski definition) is 0. The number of anilines is 1. The second kappa shape index (κ2) is 3.47. The van der Waals surface area contributed by atoms with Gasteiger partial charge in [-0.2, -0.15) is 0 Å². The number of fused-ring (bicyclic) bond motifs is 1. The van der Waals surface area contributed by atoms with Crippen LogP contribution in [0.2, 0.25) is 0 Å². The number of pyridine rings is 1. The molecule has 16 heavy (non-hydrogen) atoms. The van der Waals surface area contributed by atoms with Gasteiger partial charge in [0.2, 0.25) is 0 Å². The van der Waals surface area contributed by atoms with E-state index in [0.29, 0.717) is 5.82 Å². The second-order valence-electron chi connectivity index (χ2n) is 4.48. The van der Waals surface area contributed by atoms with Gasteiger partial charge >= 0.3 is 6.09 Å². The monoisotopic (exact) mass is 218 g/mol. The minimum atomic E-state index is -0.244. The molecule has 0 N–H and O–H groups in total. The number of aromatic nitrogens is 1. The summed E-state index contributed by atoms with van der Waals surface area (Å²) in [4.78, 5) is 17.7. The number of rotatable bonds is 1. The molecule has 4 heteroatoms. The molecule has 4 nitrogen and oxygen atoms in total. The summed E-state index contributed by atoms with van der Waals surface area (Å²) in [6, 6.07) is 4.05. The lowest BCUT2D eigenvalue weighted by atomic mass is 10.2. The predicted molar refractivity (Wildman–Crippen MR) is 59.4 cm³/mol. The Hall–Kier alpha value is -1.58. The van der Waals surface area contributed by atoms with E-state index in [0.717, 1.165) is 24.8 Å². The van der Waals surface area contributed by atoms with Gasteiger partial charge in [-0.05, 0) is 37.8 Å². The molecule has 0 unspecified atom stereocenters. The Bertz CT molecular complexity index is 416. The molecule has 0 radical (unpaired) electrons. The molecule has 0 bridgehead atoms. The first-order valence-corrected chi connectivity index (χ1v) is 5.68. The molecular formula is C12H14N2O2. The molecule has 1 saturated carbocycles. The smallest absolute Gasteiger partial charge is 0.416 e. The molecule has 1 saturated heterocycles. The summed E-state index contributed by atoms with van der Waals surface area (Å²) >= 11 is 0. The van der Waals surface area contributed by atoms with Gasteiger partial charge in [-0.3, -0.25) is 4.90 Å². The summed E-state index contributed by atoms with van der Waals surface area (Å²) in [6.07, 6.45) is 4.75. The topological polar surface area (TPSA) is 42.4 Å². The molecule has 1 aliphatic carbocycles. The molecule has 2 aliphatic rings.